The minimum atomic E-state index is -2.43. The third-order valence-electron chi connectivity index (χ3n) is 15.6. The molecule has 4 aliphatic heterocycles. The molecule has 1 amide bonds. The van der Waals surface area contributed by atoms with Crippen molar-refractivity contribution in [2.45, 2.75) is 174 Å². The number of methoxy groups -OCH3 is 3. The predicted molar refractivity (Wildman–Crippen MR) is 263 cm³/mol. The number of carbonyl (C=O) groups is 5. The summed E-state index contributed by atoms with van der Waals surface area (Å²) in [5.41, 5.74) is 8.31. The lowest BCUT2D eigenvalue weighted by molar-refractivity contribution is -0.871. The molecule has 2 saturated heterocycles. The number of rotatable bonds is 8. The van der Waals surface area contributed by atoms with E-state index in [0.29, 0.717) is 57.1 Å². The molecule has 4 N–H and O–H groups in total. The van der Waals surface area contributed by atoms with Crippen LogP contribution in [-0.2, 0) is 47.7 Å². The normalized spacial score (nSPS) is 40.2. The number of ketones is 3. The van der Waals surface area contributed by atoms with Crippen LogP contribution in [-0.4, -0.2) is 134 Å². The van der Waals surface area contributed by atoms with Crippen molar-refractivity contribution in [1.29, 1.82) is 0 Å². The molecule has 1 aliphatic carbocycles. The van der Waals surface area contributed by atoms with Crippen molar-refractivity contribution in [3.63, 3.8) is 0 Å². The average molecular weight is 982 g/mol. The maximum atomic E-state index is 14.5. The van der Waals surface area contributed by atoms with Crippen molar-refractivity contribution in [3.8, 4) is 0 Å². The third kappa shape index (κ3) is 14.8. The Balaban J connectivity index is 1.45. The first-order valence-electron chi connectivity index (χ1n) is 25.6. The van der Waals surface area contributed by atoms with E-state index in [-0.39, 0.29) is 60.7 Å². The Morgan fingerprint density at radius 2 is 1.69 bits per heavy atom. The fourth-order valence-corrected chi connectivity index (χ4v) is 11.0. The highest BCUT2D eigenvalue weighted by atomic mass is 16.6. The van der Waals surface area contributed by atoms with Gasteiger partial charge in [-0.1, -0.05) is 76.2 Å². The van der Waals surface area contributed by atoms with Crippen LogP contribution in [0.25, 0.3) is 5.53 Å². The molecule has 17 nitrogen and oxygen atoms in total. The van der Waals surface area contributed by atoms with E-state index >= 15 is 0 Å². The molecule has 0 aromatic rings. The number of nitrogens with zero attached hydrogens (tertiary/aromatic N) is 3. The van der Waals surface area contributed by atoms with Gasteiger partial charge in [0.15, 0.2) is 5.78 Å². The number of carbonyl (C=O) groups excluding carboxylic acids is 5. The van der Waals surface area contributed by atoms with E-state index in [9.17, 15) is 34.2 Å². The number of cyclic esters (lactones) is 1. The summed E-state index contributed by atoms with van der Waals surface area (Å²) in [6.45, 7) is 13.5. The first kappa shape index (κ1) is 57.0. The summed E-state index contributed by atoms with van der Waals surface area (Å²) in [5, 5.41) is 28.6. The summed E-state index contributed by atoms with van der Waals surface area (Å²) in [6, 6.07) is -1.13. The minimum Gasteiger partial charge on any atom is -0.460 e. The molecule has 0 aromatic carbocycles. The van der Waals surface area contributed by atoms with Crippen LogP contribution >= 0.6 is 0 Å². The van der Waals surface area contributed by atoms with Crippen LogP contribution in [0.1, 0.15) is 126 Å². The number of nitrogens with one attached hydrogen (secondary N) is 2. The van der Waals surface area contributed by atoms with Gasteiger partial charge in [0.25, 0.3) is 11.7 Å². The number of quaternary nitrogens is 1. The van der Waals surface area contributed by atoms with Gasteiger partial charge in [-0.25, -0.2) is 4.79 Å². The summed E-state index contributed by atoms with van der Waals surface area (Å²) in [4.78, 5) is 72.4. The Morgan fingerprint density at radius 1 is 0.929 bits per heavy atom. The highest BCUT2D eigenvalue weighted by molar-refractivity contribution is 6.39. The van der Waals surface area contributed by atoms with Crippen molar-refractivity contribution in [1.82, 2.24) is 10.3 Å². The van der Waals surface area contributed by atoms with Crippen molar-refractivity contribution in [2.75, 3.05) is 34.4 Å². The smallest absolute Gasteiger partial charge is 0.329 e. The number of amides is 1. The van der Waals surface area contributed by atoms with Gasteiger partial charge in [0.05, 0.1) is 24.9 Å². The molecule has 4 heterocycles. The van der Waals surface area contributed by atoms with Crippen LogP contribution in [0.5, 0.6) is 0 Å². The molecule has 3 fully saturated rings. The van der Waals surface area contributed by atoms with Crippen LogP contribution in [0, 0.1) is 41.4 Å². The number of piperidine rings is 1. The maximum absolute atomic E-state index is 14.5. The number of aliphatic hydroxyl groups excluding tert-OH is 1. The largest absolute Gasteiger partial charge is 0.460 e. The van der Waals surface area contributed by atoms with Crippen LogP contribution < -0.4 is 10.5 Å². The molecule has 2 bridgehead atoms. The van der Waals surface area contributed by atoms with Crippen LogP contribution in [0.2, 0.25) is 0 Å². The Bertz CT molecular complexity index is 1950. The topological polar surface area (TPSA) is 218 Å². The molecule has 392 valence electrons. The number of ether oxygens (including phenoxy) is 5. The SMILES string of the molecule is CO[C@H]1C[C@@H]2CC[C@@H](C)[C@@](O)(O2)C(=O)C(=O)N2CCCC[C@H]2C(=O)O[C@H]([C@H](C)C[C@@H]2CC[C@H](C[NH+]3N=CN[N-]3)[C@H](OC)C2)CC(=O)[C@H](C)/C=C(\C)[C@@H](O)[C@@H](OC)C(=O)[C@H](C)C[C@H](C)/C=C/C=C/C=C/1C. The molecule has 70 heavy (non-hydrogen) atoms. The number of hydrogen-bond donors (Lipinski definition) is 4. The predicted octanol–water partition coefficient (Wildman–Crippen LogP) is 5.07. The average Bonchev–Trinajstić information content (AvgIpc) is 3.86. The van der Waals surface area contributed by atoms with Crippen molar-refractivity contribution < 1.29 is 63.0 Å². The summed E-state index contributed by atoms with van der Waals surface area (Å²) >= 11 is 0. The molecule has 1 saturated carbocycles. The van der Waals surface area contributed by atoms with Crippen molar-refractivity contribution in [3.05, 3.63) is 53.1 Å². The summed E-state index contributed by atoms with van der Waals surface area (Å²) in [5.74, 6) is -7.56. The molecule has 5 aliphatic rings. The number of hydrogen-bond acceptors (Lipinski definition) is 14. The van der Waals surface area contributed by atoms with Gasteiger partial charge in [-0.05, 0) is 107 Å². The minimum absolute atomic E-state index is 0.0196. The van der Waals surface area contributed by atoms with E-state index in [0.717, 1.165) is 30.0 Å². The van der Waals surface area contributed by atoms with Gasteiger partial charge in [-0.15, -0.1) is 0 Å². The van der Waals surface area contributed by atoms with Crippen molar-refractivity contribution >= 4 is 35.6 Å². The third-order valence-corrected chi connectivity index (χ3v) is 15.6. The molecular weight excluding hydrogens is 899 g/mol. The molecule has 1 unspecified atom stereocenters. The van der Waals surface area contributed by atoms with E-state index in [1.807, 2.05) is 58.1 Å². The van der Waals surface area contributed by atoms with Crippen LogP contribution in [0.3, 0.4) is 0 Å². The number of aliphatic hydroxyl groups is 2. The Kier molecular flexibility index (Phi) is 21.7. The lowest BCUT2D eigenvalue weighted by Crippen LogP contribution is -3.03. The quantitative estimate of drug-likeness (QED) is 0.142. The van der Waals surface area contributed by atoms with E-state index in [1.165, 1.54) is 12.0 Å². The summed E-state index contributed by atoms with van der Waals surface area (Å²) in [7, 11) is 4.68. The second-order valence-corrected chi connectivity index (χ2v) is 20.9. The number of esters is 1. The van der Waals surface area contributed by atoms with Crippen LogP contribution in [0.4, 0.5) is 0 Å². The summed E-state index contributed by atoms with van der Waals surface area (Å²) < 4.78 is 30.0. The molecule has 17 heteroatoms. The lowest BCUT2D eigenvalue weighted by Gasteiger charge is -2.42. The monoisotopic (exact) mass is 982 g/mol. The lowest BCUT2D eigenvalue weighted by atomic mass is 9.75. The van der Waals surface area contributed by atoms with Gasteiger partial charge in [0.1, 0.15) is 36.5 Å². The fraction of sp³-hybridized carbons (Fsp3) is 0.736. The first-order chi connectivity index (χ1) is 33.3. The van der Waals surface area contributed by atoms with E-state index < -0.39 is 77.8 Å². The van der Waals surface area contributed by atoms with Gasteiger partial charge in [-0.2, -0.15) is 0 Å². The molecule has 0 radical (unpaired) electrons. The molecular formula is C53H83N5O12. The Labute approximate surface area is 415 Å². The number of Topliss-reactive ketones (excluding diaryl/α,β-unsaturated/α-hetero) is 3. The zero-order valence-electron chi connectivity index (χ0n) is 43.3. The van der Waals surface area contributed by atoms with E-state index in [1.54, 1.807) is 47.4 Å². The van der Waals surface area contributed by atoms with Gasteiger partial charge in [0, 0.05) is 64.4 Å². The zero-order chi connectivity index (χ0) is 51.3. The van der Waals surface area contributed by atoms with E-state index in [2.05, 4.69) is 16.1 Å². The molecule has 0 aromatic heterocycles. The van der Waals surface area contributed by atoms with Gasteiger partial charge < -0.3 is 49.8 Å². The molecule has 5 rings (SSSR count). The second kappa shape index (κ2) is 26.7. The Hall–Kier alpha value is -3.94. The van der Waals surface area contributed by atoms with Crippen molar-refractivity contribution in [2.24, 2.45) is 46.5 Å². The molecule has 0 spiro atoms. The maximum Gasteiger partial charge on any atom is 0.329 e. The molecule has 16 atom stereocenters. The highest BCUT2D eigenvalue weighted by Gasteiger charge is 2.53. The van der Waals surface area contributed by atoms with Crippen LogP contribution in [0.15, 0.2) is 52.7 Å². The first-order valence-corrected chi connectivity index (χ1v) is 25.6. The van der Waals surface area contributed by atoms with Gasteiger partial charge >= 0.3 is 5.97 Å². The second-order valence-electron chi connectivity index (χ2n) is 20.9. The highest BCUT2D eigenvalue weighted by Crippen LogP contribution is 2.38. The Morgan fingerprint density at radius 3 is 2.37 bits per heavy atom. The number of fused-ring (bicyclic) bond motifs is 3. The van der Waals surface area contributed by atoms with Gasteiger partial charge in [-0.3, -0.25) is 24.3 Å². The van der Waals surface area contributed by atoms with Gasteiger partial charge in [0.2, 0.25) is 5.79 Å². The summed E-state index contributed by atoms with van der Waals surface area (Å²) in [6.07, 6.45) is 14.5. The van der Waals surface area contributed by atoms with E-state index in [4.69, 9.17) is 23.7 Å². The fourth-order valence-electron chi connectivity index (χ4n) is 11.0. The number of allylic oxidation sites excluding steroid dienone is 6. The zero-order valence-corrected chi connectivity index (χ0v) is 43.3. The standard InChI is InChI=1S/C53H83N5O12/c1-32-16-12-11-13-17-33(2)44(66-8)28-41-22-19-38(7)53(65,70-41)50(62)51(63)57-23-15-14-18-42(57)52(64)69-45(29-43(59)34(3)25-37(6)48(61)49(68-10)47(60)36(5)24-32)35(4)26-39-20-21-40(46(27-39)67-9)30-58-55-31-54-56-58/h11-13,16-17,25,31-32,34-36,38-42,44-46,48-49,58,61,65H,14-15,18-24,26-30H2,1-10H3,(H-,54,55,56,62,63)/b13-11+,16-12+,33-17+,37-25+/t32-,34-,35-,36-,38-,39+,40-,41+,42+,44+,45+,46-,48-,49+,53-/m1/s1.